The van der Waals surface area contributed by atoms with Gasteiger partial charge in [0.1, 0.15) is 0 Å². The Morgan fingerprint density at radius 3 is 2.90 bits per heavy atom. The van der Waals surface area contributed by atoms with Crippen LogP contribution in [0.1, 0.15) is 51.6 Å². The van der Waals surface area contributed by atoms with Crippen LogP contribution in [0.25, 0.3) is 0 Å². The van der Waals surface area contributed by atoms with Gasteiger partial charge in [0.2, 0.25) is 0 Å². The first kappa shape index (κ1) is 15.3. The molecule has 1 aliphatic carbocycles. The van der Waals surface area contributed by atoms with E-state index < -0.39 is 0 Å². The molecule has 0 amide bonds. The minimum Gasteiger partial charge on any atom is -0.371 e. The number of nitrogens with one attached hydrogen (secondary N) is 1. The molecule has 2 atom stereocenters. The van der Waals surface area contributed by atoms with Gasteiger partial charge in [-0.3, -0.25) is 4.98 Å². The highest BCUT2D eigenvalue weighted by atomic mass is 15.1. The standard InChI is InChI=1S/C17H29N3/c1-4-10-18-13-15-12-16(9-11-19-15)20(3)17-8-6-5-7-14(17)2/h9,11-12,14,17-18H,4-8,10,13H2,1-3H3. The van der Waals surface area contributed by atoms with Gasteiger partial charge in [0.15, 0.2) is 0 Å². The van der Waals surface area contributed by atoms with Crippen molar-refractivity contribution in [1.29, 1.82) is 0 Å². The minimum absolute atomic E-state index is 0.683. The number of nitrogens with zero attached hydrogens (tertiary/aromatic N) is 2. The summed E-state index contributed by atoms with van der Waals surface area (Å²) < 4.78 is 0. The molecule has 112 valence electrons. The van der Waals surface area contributed by atoms with Gasteiger partial charge < -0.3 is 10.2 Å². The second-order valence-corrected chi connectivity index (χ2v) is 6.12. The van der Waals surface area contributed by atoms with Crippen molar-refractivity contribution in [2.24, 2.45) is 5.92 Å². The first-order chi connectivity index (χ1) is 9.72. The highest BCUT2D eigenvalue weighted by molar-refractivity contribution is 5.47. The third-order valence-electron chi connectivity index (χ3n) is 4.50. The second kappa shape index (κ2) is 7.63. The van der Waals surface area contributed by atoms with E-state index in [1.54, 1.807) is 0 Å². The van der Waals surface area contributed by atoms with Crippen LogP contribution in [0.2, 0.25) is 0 Å². The third kappa shape index (κ3) is 3.95. The number of anilines is 1. The average molecular weight is 275 g/mol. The fraction of sp³-hybridized carbons (Fsp3) is 0.706. The van der Waals surface area contributed by atoms with Gasteiger partial charge >= 0.3 is 0 Å². The zero-order valence-electron chi connectivity index (χ0n) is 13.2. The molecule has 0 saturated heterocycles. The average Bonchev–Trinajstić information content (AvgIpc) is 2.48. The van der Waals surface area contributed by atoms with Gasteiger partial charge in [0.25, 0.3) is 0 Å². The van der Waals surface area contributed by atoms with Crippen molar-refractivity contribution in [1.82, 2.24) is 10.3 Å². The van der Waals surface area contributed by atoms with Crippen molar-refractivity contribution in [2.45, 2.75) is 58.5 Å². The second-order valence-electron chi connectivity index (χ2n) is 6.12. The fourth-order valence-electron chi connectivity index (χ4n) is 3.24. The van der Waals surface area contributed by atoms with E-state index in [0.717, 1.165) is 24.7 Å². The van der Waals surface area contributed by atoms with Crippen LogP contribution in [0.4, 0.5) is 5.69 Å². The Kier molecular flexibility index (Phi) is 5.84. The maximum atomic E-state index is 4.47. The lowest BCUT2D eigenvalue weighted by Crippen LogP contribution is -2.39. The predicted molar refractivity (Wildman–Crippen MR) is 86.1 cm³/mol. The summed E-state index contributed by atoms with van der Waals surface area (Å²) in [5.74, 6) is 0.795. The lowest BCUT2D eigenvalue weighted by Gasteiger charge is -2.37. The molecule has 1 heterocycles. The van der Waals surface area contributed by atoms with Crippen LogP contribution in [0.3, 0.4) is 0 Å². The van der Waals surface area contributed by atoms with Crippen LogP contribution in [0.5, 0.6) is 0 Å². The normalized spacial score (nSPS) is 22.8. The molecule has 1 saturated carbocycles. The van der Waals surface area contributed by atoms with Gasteiger partial charge in [-0.15, -0.1) is 0 Å². The van der Waals surface area contributed by atoms with Gasteiger partial charge in [-0.25, -0.2) is 0 Å². The Morgan fingerprint density at radius 1 is 1.35 bits per heavy atom. The maximum Gasteiger partial charge on any atom is 0.0562 e. The number of pyridine rings is 1. The SMILES string of the molecule is CCCNCc1cc(N(C)C2CCCCC2C)ccn1. The molecule has 3 nitrogen and oxygen atoms in total. The van der Waals surface area contributed by atoms with E-state index in [2.05, 4.69) is 48.2 Å². The fourth-order valence-corrected chi connectivity index (χ4v) is 3.24. The van der Waals surface area contributed by atoms with E-state index in [9.17, 15) is 0 Å². The number of hydrogen-bond donors (Lipinski definition) is 1. The van der Waals surface area contributed by atoms with Crippen LogP contribution >= 0.6 is 0 Å². The van der Waals surface area contributed by atoms with Crippen molar-refractivity contribution in [3.63, 3.8) is 0 Å². The minimum atomic E-state index is 0.683. The summed E-state index contributed by atoms with van der Waals surface area (Å²) in [5, 5.41) is 3.42. The molecule has 1 N–H and O–H groups in total. The van der Waals surface area contributed by atoms with Gasteiger partial charge in [-0.1, -0.05) is 26.7 Å². The molecule has 0 aromatic carbocycles. The molecular formula is C17H29N3. The summed E-state index contributed by atoms with van der Waals surface area (Å²) in [6.07, 6.45) is 8.57. The number of rotatable bonds is 6. The van der Waals surface area contributed by atoms with Crippen molar-refractivity contribution in [3.8, 4) is 0 Å². The quantitative estimate of drug-likeness (QED) is 0.804. The highest BCUT2D eigenvalue weighted by Gasteiger charge is 2.25. The summed E-state index contributed by atoms with van der Waals surface area (Å²) in [7, 11) is 2.24. The van der Waals surface area contributed by atoms with Crippen molar-refractivity contribution >= 4 is 5.69 Å². The molecular weight excluding hydrogens is 246 g/mol. The molecule has 1 aliphatic rings. The Morgan fingerprint density at radius 2 is 2.15 bits per heavy atom. The molecule has 1 aromatic heterocycles. The topological polar surface area (TPSA) is 28.2 Å². The lowest BCUT2D eigenvalue weighted by molar-refractivity contribution is 0.321. The summed E-state index contributed by atoms with van der Waals surface area (Å²) in [5.41, 5.74) is 2.46. The van der Waals surface area contributed by atoms with E-state index in [-0.39, 0.29) is 0 Å². The molecule has 2 unspecified atom stereocenters. The van der Waals surface area contributed by atoms with E-state index in [4.69, 9.17) is 0 Å². The summed E-state index contributed by atoms with van der Waals surface area (Å²) in [6.45, 7) is 6.51. The first-order valence-electron chi connectivity index (χ1n) is 8.11. The Bertz CT molecular complexity index is 405. The molecule has 1 aromatic rings. The Balaban J connectivity index is 2.01. The van der Waals surface area contributed by atoms with Crippen LogP contribution in [0, 0.1) is 5.92 Å². The summed E-state index contributed by atoms with van der Waals surface area (Å²) in [6, 6.07) is 5.07. The summed E-state index contributed by atoms with van der Waals surface area (Å²) >= 11 is 0. The molecule has 3 heteroatoms. The van der Waals surface area contributed by atoms with Crippen molar-refractivity contribution in [3.05, 3.63) is 24.0 Å². The molecule has 0 bridgehead atoms. The van der Waals surface area contributed by atoms with E-state index >= 15 is 0 Å². The van der Waals surface area contributed by atoms with Crippen LogP contribution in [0.15, 0.2) is 18.3 Å². The smallest absolute Gasteiger partial charge is 0.0562 e. The van der Waals surface area contributed by atoms with Crippen LogP contribution in [-0.2, 0) is 6.54 Å². The molecule has 0 aliphatic heterocycles. The highest BCUT2D eigenvalue weighted by Crippen LogP contribution is 2.30. The predicted octanol–water partition coefficient (Wildman–Crippen LogP) is 3.60. The van der Waals surface area contributed by atoms with Gasteiger partial charge in [-0.2, -0.15) is 0 Å². The molecule has 0 radical (unpaired) electrons. The third-order valence-corrected chi connectivity index (χ3v) is 4.50. The Labute approximate surface area is 123 Å². The zero-order valence-corrected chi connectivity index (χ0v) is 13.2. The van der Waals surface area contributed by atoms with Crippen LogP contribution < -0.4 is 10.2 Å². The monoisotopic (exact) mass is 275 g/mol. The van der Waals surface area contributed by atoms with E-state index in [1.807, 2.05) is 6.20 Å². The van der Waals surface area contributed by atoms with Crippen molar-refractivity contribution in [2.75, 3.05) is 18.5 Å². The molecule has 20 heavy (non-hydrogen) atoms. The number of hydrogen-bond acceptors (Lipinski definition) is 3. The first-order valence-corrected chi connectivity index (χ1v) is 8.11. The lowest BCUT2D eigenvalue weighted by atomic mass is 9.85. The van der Waals surface area contributed by atoms with E-state index in [1.165, 1.54) is 37.8 Å². The van der Waals surface area contributed by atoms with E-state index in [0.29, 0.717) is 6.04 Å². The maximum absolute atomic E-state index is 4.47. The van der Waals surface area contributed by atoms with Gasteiger partial charge in [-0.05, 0) is 43.9 Å². The van der Waals surface area contributed by atoms with Gasteiger partial charge in [0.05, 0.1) is 5.69 Å². The van der Waals surface area contributed by atoms with Crippen molar-refractivity contribution < 1.29 is 0 Å². The number of aromatic nitrogens is 1. The summed E-state index contributed by atoms with van der Waals surface area (Å²) in [4.78, 5) is 6.94. The van der Waals surface area contributed by atoms with Crippen LogP contribution in [-0.4, -0.2) is 24.6 Å². The molecule has 0 spiro atoms. The Hall–Kier alpha value is -1.09. The van der Waals surface area contributed by atoms with Gasteiger partial charge in [0, 0.05) is 31.5 Å². The molecule has 2 rings (SSSR count). The molecule has 1 fully saturated rings. The zero-order chi connectivity index (χ0) is 14.4. The largest absolute Gasteiger partial charge is 0.371 e.